The standard InChI is InChI=1S/C25H35N5O2/c1-17-22(18(2)29-28-17)19-11-13-21(14-12-19)26-24(31)23(20-9-5-3-6-10-20)27-25(32)30-15-7-4-8-16-30/h11-14,20,23H,3-10,15-16H2,1-2H3,(H,26,31)(H,27,32)(H,28,29). The lowest BCUT2D eigenvalue weighted by Crippen LogP contribution is -2.53. The van der Waals surface area contributed by atoms with E-state index in [2.05, 4.69) is 20.8 Å². The molecule has 4 rings (SSSR count). The summed E-state index contributed by atoms with van der Waals surface area (Å²) in [5.41, 5.74) is 4.88. The number of nitrogens with zero attached hydrogens (tertiary/aromatic N) is 2. The molecule has 0 spiro atoms. The molecule has 32 heavy (non-hydrogen) atoms. The van der Waals surface area contributed by atoms with Crippen molar-refractivity contribution in [3.63, 3.8) is 0 Å². The maximum atomic E-state index is 13.3. The summed E-state index contributed by atoms with van der Waals surface area (Å²) < 4.78 is 0. The van der Waals surface area contributed by atoms with Gasteiger partial charge in [-0.25, -0.2) is 4.79 Å². The van der Waals surface area contributed by atoms with Gasteiger partial charge in [0.05, 0.1) is 5.69 Å². The largest absolute Gasteiger partial charge is 0.326 e. The molecule has 1 aromatic carbocycles. The quantitative estimate of drug-likeness (QED) is 0.629. The van der Waals surface area contributed by atoms with Gasteiger partial charge in [0.15, 0.2) is 0 Å². The summed E-state index contributed by atoms with van der Waals surface area (Å²) in [6, 6.07) is 7.25. The predicted octanol–water partition coefficient (Wildman–Crippen LogP) is 4.78. The molecule has 2 aromatic rings. The van der Waals surface area contributed by atoms with Crippen molar-refractivity contribution in [1.29, 1.82) is 0 Å². The smallest absolute Gasteiger partial charge is 0.318 e. The topological polar surface area (TPSA) is 90.1 Å². The number of carbonyl (C=O) groups excluding carboxylic acids is 2. The van der Waals surface area contributed by atoms with Crippen LogP contribution < -0.4 is 10.6 Å². The van der Waals surface area contributed by atoms with E-state index in [1.165, 1.54) is 12.8 Å². The third kappa shape index (κ3) is 5.14. The number of carbonyl (C=O) groups is 2. The molecule has 3 N–H and O–H groups in total. The van der Waals surface area contributed by atoms with Crippen LogP contribution in [0.5, 0.6) is 0 Å². The van der Waals surface area contributed by atoms with Crippen LogP contribution >= 0.6 is 0 Å². The highest BCUT2D eigenvalue weighted by Gasteiger charge is 2.32. The Morgan fingerprint density at radius 1 is 1.00 bits per heavy atom. The number of benzene rings is 1. The molecule has 7 nitrogen and oxygen atoms in total. The lowest BCUT2D eigenvalue weighted by atomic mass is 9.83. The molecule has 3 amide bonds. The average Bonchev–Trinajstić information content (AvgIpc) is 3.16. The number of piperidine rings is 1. The molecule has 1 aliphatic carbocycles. The Hall–Kier alpha value is -2.83. The van der Waals surface area contributed by atoms with Gasteiger partial charge in [0, 0.05) is 30.0 Å². The Morgan fingerprint density at radius 2 is 1.66 bits per heavy atom. The number of hydrogen-bond donors (Lipinski definition) is 3. The Bertz CT molecular complexity index is 905. The Balaban J connectivity index is 1.46. The predicted molar refractivity (Wildman–Crippen MR) is 126 cm³/mol. The zero-order valence-electron chi connectivity index (χ0n) is 19.2. The van der Waals surface area contributed by atoms with Crippen LogP contribution in [0.25, 0.3) is 11.1 Å². The fourth-order valence-corrected chi connectivity index (χ4v) is 5.10. The number of rotatable bonds is 5. The van der Waals surface area contributed by atoms with Crippen LogP contribution in [0.1, 0.15) is 62.8 Å². The van der Waals surface area contributed by atoms with Gasteiger partial charge >= 0.3 is 6.03 Å². The molecule has 2 fully saturated rings. The van der Waals surface area contributed by atoms with Gasteiger partial charge in [-0.2, -0.15) is 5.10 Å². The van der Waals surface area contributed by atoms with Crippen LogP contribution in [0.15, 0.2) is 24.3 Å². The average molecular weight is 438 g/mol. The molecule has 1 saturated carbocycles. The van der Waals surface area contributed by atoms with Gasteiger partial charge in [0.1, 0.15) is 6.04 Å². The van der Waals surface area contributed by atoms with Crippen molar-refractivity contribution in [1.82, 2.24) is 20.4 Å². The number of amides is 3. The molecule has 1 atom stereocenters. The summed E-state index contributed by atoms with van der Waals surface area (Å²) in [7, 11) is 0. The summed E-state index contributed by atoms with van der Waals surface area (Å²) in [5, 5.41) is 13.4. The minimum atomic E-state index is -0.497. The van der Waals surface area contributed by atoms with Crippen molar-refractivity contribution in [3.8, 4) is 11.1 Å². The minimum absolute atomic E-state index is 0.100. The maximum absolute atomic E-state index is 13.3. The van der Waals surface area contributed by atoms with Crippen molar-refractivity contribution in [3.05, 3.63) is 35.7 Å². The lowest BCUT2D eigenvalue weighted by Gasteiger charge is -2.33. The minimum Gasteiger partial charge on any atom is -0.326 e. The van der Waals surface area contributed by atoms with E-state index in [4.69, 9.17) is 0 Å². The van der Waals surface area contributed by atoms with E-state index < -0.39 is 6.04 Å². The van der Waals surface area contributed by atoms with E-state index in [9.17, 15) is 9.59 Å². The molecule has 0 bridgehead atoms. The molecular formula is C25H35N5O2. The normalized spacial score (nSPS) is 18.2. The second kappa shape index (κ2) is 10.2. The summed E-state index contributed by atoms with van der Waals surface area (Å²) in [5.74, 6) is 0.0682. The zero-order valence-corrected chi connectivity index (χ0v) is 19.2. The molecule has 1 aliphatic heterocycles. The Labute approximate surface area is 190 Å². The summed E-state index contributed by atoms with van der Waals surface area (Å²) in [6.07, 6.45) is 8.65. The van der Waals surface area contributed by atoms with Crippen molar-refractivity contribution < 1.29 is 9.59 Å². The number of anilines is 1. The van der Waals surface area contributed by atoms with Gasteiger partial charge in [-0.15, -0.1) is 0 Å². The molecule has 1 saturated heterocycles. The lowest BCUT2D eigenvalue weighted by molar-refractivity contribution is -0.119. The Morgan fingerprint density at radius 3 is 2.28 bits per heavy atom. The molecule has 0 radical (unpaired) electrons. The van der Waals surface area contributed by atoms with Gasteiger partial charge in [0.25, 0.3) is 0 Å². The van der Waals surface area contributed by atoms with Gasteiger partial charge < -0.3 is 15.5 Å². The van der Waals surface area contributed by atoms with E-state index in [0.29, 0.717) is 0 Å². The van der Waals surface area contributed by atoms with Crippen LogP contribution in [0.2, 0.25) is 0 Å². The van der Waals surface area contributed by atoms with Crippen LogP contribution in [0, 0.1) is 19.8 Å². The number of nitrogens with one attached hydrogen (secondary N) is 3. The van der Waals surface area contributed by atoms with Gasteiger partial charge in [-0.05, 0) is 69.6 Å². The van der Waals surface area contributed by atoms with Crippen LogP contribution in [0.4, 0.5) is 10.5 Å². The van der Waals surface area contributed by atoms with E-state index in [1.807, 2.05) is 43.0 Å². The van der Waals surface area contributed by atoms with Gasteiger partial charge in [-0.1, -0.05) is 31.4 Å². The van der Waals surface area contributed by atoms with Crippen molar-refractivity contribution in [2.24, 2.45) is 5.92 Å². The van der Waals surface area contributed by atoms with Gasteiger partial charge in [-0.3, -0.25) is 9.89 Å². The second-order valence-electron chi connectivity index (χ2n) is 9.25. The number of aromatic nitrogens is 2. The number of H-pyrrole nitrogens is 1. The second-order valence-corrected chi connectivity index (χ2v) is 9.25. The molecular weight excluding hydrogens is 402 g/mol. The first-order chi connectivity index (χ1) is 15.5. The van der Waals surface area contributed by atoms with Crippen LogP contribution in [0.3, 0.4) is 0 Å². The summed E-state index contributed by atoms with van der Waals surface area (Å²) in [4.78, 5) is 28.0. The number of aryl methyl sites for hydroxylation is 2. The fourth-order valence-electron chi connectivity index (χ4n) is 5.10. The highest BCUT2D eigenvalue weighted by molar-refractivity contribution is 5.97. The molecule has 1 aromatic heterocycles. The molecule has 7 heteroatoms. The molecule has 1 unspecified atom stereocenters. The maximum Gasteiger partial charge on any atom is 0.318 e. The SMILES string of the molecule is Cc1n[nH]c(C)c1-c1ccc(NC(=O)C(NC(=O)N2CCCCC2)C2CCCCC2)cc1. The monoisotopic (exact) mass is 437 g/mol. The number of likely N-dealkylation sites (tertiary alicyclic amines) is 1. The number of urea groups is 1. The fraction of sp³-hybridized carbons (Fsp3) is 0.560. The molecule has 2 aliphatic rings. The first-order valence-corrected chi connectivity index (χ1v) is 12.0. The van der Waals surface area contributed by atoms with Crippen LogP contribution in [-0.4, -0.2) is 46.2 Å². The van der Waals surface area contributed by atoms with E-state index in [0.717, 1.165) is 79.8 Å². The Kier molecular flexibility index (Phi) is 7.12. The number of aromatic amines is 1. The number of hydrogen-bond acceptors (Lipinski definition) is 3. The van der Waals surface area contributed by atoms with Crippen molar-refractivity contribution in [2.45, 2.75) is 71.3 Å². The van der Waals surface area contributed by atoms with Crippen molar-refractivity contribution >= 4 is 17.6 Å². The first kappa shape index (κ1) is 22.4. The first-order valence-electron chi connectivity index (χ1n) is 12.0. The zero-order chi connectivity index (χ0) is 22.5. The molecule has 2 heterocycles. The van der Waals surface area contributed by atoms with E-state index in [-0.39, 0.29) is 17.9 Å². The highest BCUT2D eigenvalue weighted by Crippen LogP contribution is 2.29. The van der Waals surface area contributed by atoms with E-state index in [1.54, 1.807) is 0 Å². The molecule has 172 valence electrons. The summed E-state index contributed by atoms with van der Waals surface area (Å²) in [6.45, 7) is 5.54. The highest BCUT2D eigenvalue weighted by atomic mass is 16.2. The van der Waals surface area contributed by atoms with Gasteiger partial charge in [0.2, 0.25) is 5.91 Å². The summed E-state index contributed by atoms with van der Waals surface area (Å²) >= 11 is 0. The van der Waals surface area contributed by atoms with E-state index >= 15 is 0 Å². The van der Waals surface area contributed by atoms with Crippen molar-refractivity contribution in [2.75, 3.05) is 18.4 Å². The third-order valence-electron chi connectivity index (χ3n) is 6.90. The van der Waals surface area contributed by atoms with Crippen LogP contribution in [-0.2, 0) is 4.79 Å². The third-order valence-corrected chi connectivity index (χ3v) is 6.90.